The lowest BCUT2D eigenvalue weighted by molar-refractivity contribution is 0.306. The maximum Gasteiger partial charge on any atom is 0.166 e. The zero-order valence-corrected chi connectivity index (χ0v) is 11.8. The summed E-state index contributed by atoms with van der Waals surface area (Å²) in [7, 11) is 3.98. The van der Waals surface area contributed by atoms with Gasteiger partial charge in [-0.3, -0.25) is 0 Å². The van der Waals surface area contributed by atoms with E-state index in [1.807, 2.05) is 55.4 Å². The van der Waals surface area contributed by atoms with E-state index in [0.717, 1.165) is 23.5 Å². The molecule has 5 nitrogen and oxygen atoms in total. The Hall–Kier alpha value is -2.27. The van der Waals surface area contributed by atoms with Gasteiger partial charge in [-0.15, -0.1) is 0 Å². The molecule has 2 aromatic rings. The highest BCUT2D eigenvalue weighted by Gasteiger charge is 2.05. The van der Waals surface area contributed by atoms with Gasteiger partial charge in [0.25, 0.3) is 0 Å². The zero-order chi connectivity index (χ0) is 14.5. The summed E-state index contributed by atoms with van der Waals surface area (Å²) in [6.07, 6.45) is 0. The molecule has 0 radical (unpaired) electrons. The highest BCUT2D eigenvalue weighted by Crippen LogP contribution is 2.21. The number of ether oxygens (including phenoxy) is 1. The maximum atomic E-state index is 5.91. The normalized spacial score (nSPS) is 10.8. The first-order chi connectivity index (χ1) is 9.54. The number of nitrogens with two attached hydrogens (primary N) is 2. The van der Waals surface area contributed by atoms with Crippen molar-refractivity contribution in [3.63, 3.8) is 0 Å². The van der Waals surface area contributed by atoms with Gasteiger partial charge < -0.3 is 21.1 Å². The Morgan fingerprint density at radius 1 is 1.15 bits per heavy atom. The fourth-order valence-electron chi connectivity index (χ4n) is 1.88. The summed E-state index contributed by atoms with van der Waals surface area (Å²) in [5, 5.41) is 0. The van der Waals surface area contributed by atoms with Crippen LogP contribution in [-0.4, -0.2) is 24.0 Å². The third-order valence-corrected chi connectivity index (χ3v) is 2.77. The number of hydrogen-bond acceptors (Lipinski definition) is 5. The number of nitrogens with zero attached hydrogens (tertiary/aromatic N) is 2. The monoisotopic (exact) mass is 272 g/mol. The topological polar surface area (TPSA) is 77.4 Å². The molecule has 1 aromatic heterocycles. The Labute approximate surface area is 119 Å². The van der Waals surface area contributed by atoms with Crippen LogP contribution in [-0.2, 0) is 13.2 Å². The average molecular weight is 272 g/mol. The lowest BCUT2D eigenvalue weighted by atomic mass is 10.2. The number of aromatic nitrogens is 1. The van der Waals surface area contributed by atoms with Crippen LogP contribution < -0.4 is 16.2 Å². The second kappa shape index (κ2) is 6.25. The lowest BCUT2D eigenvalue weighted by Gasteiger charge is -2.12. The Bertz CT molecular complexity index is 584. The SMILES string of the molecule is CN(C)Cc1ccc(OCc2cccc(N)c2)c(N)n1. The van der Waals surface area contributed by atoms with Gasteiger partial charge in [0.15, 0.2) is 11.6 Å². The minimum atomic E-state index is 0.410. The average Bonchev–Trinajstić information content (AvgIpc) is 2.37. The molecule has 0 saturated heterocycles. The van der Waals surface area contributed by atoms with Crippen LogP contribution in [0.5, 0.6) is 5.75 Å². The number of anilines is 2. The molecular weight excluding hydrogens is 252 g/mol. The Balaban J connectivity index is 2.03. The van der Waals surface area contributed by atoms with Crippen LogP contribution in [0.1, 0.15) is 11.3 Å². The molecule has 2 rings (SSSR count). The summed E-state index contributed by atoms with van der Waals surface area (Å²) in [4.78, 5) is 6.37. The number of hydrogen-bond donors (Lipinski definition) is 2. The molecule has 0 spiro atoms. The third kappa shape index (κ3) is 3.86. The molecule has 4 N–H and O–H groups in total. The van der Waals surface area contributed by atoms with E-state index in [0.29, 0.717) is 18.2 Å². The molecule has 0 fully saturated rings. The summed E-state index contributed by atoms with van der Waals surface area (Å²) >= 11 is 0. The summed E-state index contributed by atoms with van der Waals surface area (Å²) in [5.74, 6) is 1.00. The molecule has 0 aliphatic rings. The van der Waals surface area contributed by atoms with Crippen molar-refractivity contribution in [1.29, 1.82) is 0 Å². The number of pyridine rings is 1. The van der Waals surface area contributed by atoms with Crippen LogP contribution in [0.2, 0.25) is 0 Å². The standard InChI is InChI=1S/C15H20N4O/c1-19(2)9-13-6-7-14(15(17)18-13)20-10-11-4-3-5-12(16)8-11/h3-8H,9-10,16H2,1-2H3,(H2,17,18). The highest BCUT2D eigenvalue weighted by atomic mass is 16.5. The van der Waals surface area contributed by atoms with Gasteiger partial charge in [-0.2, -0.15) is 0 Å². The molecule has 0 saturated carbocycles. The fourth-order valence-corrected chi connectivity index (χ4v) is 1.88. The summed E-state index contributed by atoms with van der Waals surface area (Å²) in [5.41, 5.74) is 14.3. The lowest BCUT2D eigenvalue weighted by Crippen LogP contribution is -2.12. The number of rotatable bonds is 5. The van der Waals surface area contributed by atoms with E-state index in [4.69, 9.17) is 16.2 Å². The highest BCUT2D eigenvalue weighted by molar-refractivity contribution is 5.46. The Morgan fingerprint density at radius 2 is 1.95 bits per heavy atom. The van der Waals surface area contributed by atoms with Crippen LogP contribution in [0.3, 0.4) is 0 Å². The van der Waals surface area contributed by atoms with Crippen LogP contribution >= 0.6 is 0 Å². The molecule has 1 aromatic carbocycles. The molecule has 0 amide bonds. The minimum Gasteiger partial charge on any atom is -0.485 e. The molecule has 0 aliphatic heterocycles. The first kappa shape index (κ1) is 14.1. The van der Waals surface area contributed by atoms with Crippen LogP contribution in [0.25, 0.3) is 0 Å². The third-order valence-electron chi connectivity index (χ3n) is 2.77. The fraction of sp³-hybridized carbons (Fsp3) is 0.267. The molecule has 0 atom stereocenters. The van der Waals surface area contributed by atoms with Crippen molar-refractivity contribution in [3.05, 3.63) is 47.7 Å². The molecular formula is C15H20N4O. The predicted molar refractivity (Wildman–Crippen MR) is 81.2 cm³/mol. The van der Waals surface area contributed by atoms with Crippen molar-refractivity contribution in [2.24, 2.45) is 0 Å². The van der Waals surface area contributed by atoms with E-state index in [1.54, 1.807) is 0 Å². The van der Waals surface area contributed by atoms with E-state index in [-0.39, 0.29) is 0 Å². The van der Waals surface area contributed by atoms with Crippen molar-refractivity contribution < 1.29 is 4.74 Å². The Kier molecular flexibility index (Phi) is 4.42. The van der Waals surface area contributed by atoms with Gasteiger partial charge in [-0.1, -0.05) is 12.1 Å². The van der Waals surface area contributed by atoms with E-state index in [2.05, 4.69) is 4.98 Å². The van der Waals surface area contributed by atoms with E-state index in [1.165, 1.54) is 0 Å². The molecule has 106 valence electrons. The molecule has 20 heavy (non-hydrogen) atoms. The predicted octanol–water partition coefficient (Wildman–Crippen LogP) is 1.89. The second-order valence-electron chi connectivity index (χ2n) is 4.96. The summed E-state index contributed by atoms with van der Waals surface area (Å²) in [6.45, 7) is 1.17. The largest absolute Gasteiger partial charge is 0.485 e. The molecule has 0 bridgehead atoms. The van der Waals surface area contributed by atoms with E-state index < -0.39 is 0 Å². The van der Waals surface area contributed by atoms with Gasteiger partial charge >= 0.3 is 0 Å². The van der Waals surface area contributed by atoms with Crippen LogP contribution in [0.4, 0.5) is 11.5 Å². The zero-order valence-electron chi connectivity index (χ0n) is 11.8. The number of nitrogen functional groups attached to an aromatic ring is 2. The number of benzene rings is 1. The molecule has 0 unspecified atom stereocenters. The van der Waals surface area contributed by atoms with Gasteiger partial charge in [-0.25, -0.2) is 4.98 Å². The van der Waals surface area contributed by atoms with Gasteiger partial charge in [-0.05, 0) is 43.9 Å². The van der Waals surface area contributed by atoms with Gasteiger partial charge in [0.1, 0.15) is 6.61 Å². The van der Waals surface area contributed by atoms with Crippen LogP contribution in [0.15, 0.2) is 36.4 Å². The minimum absolute atomic E-state index is 0.410. The van der Waals surface area contributed by atoms with Crippen molar-refractivity contribution in [1.82, 2.24) is 9.88 Å². The van der Waals surface area contributed by atoms with Crippen LogP contribution in [0, 0.1) is 0 Å². The van der Waals surface area contributed by atoms with Gasteiger partial charge in [0.05, 0.1) is 5.69 Å². The van der Waals surface area contributed by atoms with E-state index >= 15 is 0 Å². The summed E-state index contributed by atoms with van der Waals surface area (Å²) < 4.78 is 5.68. The quantitative estimate of drug-likeness (QED) is 0.813. The Morgan fingerprint density at radius 3 is 2.60 bits per heavy atom. The second-order valence-corrected chi connectivity index (χ2v) is 4.96. The van der Waals surface area contributed by atoms with Crippen molar-refractivity contribution >= 4 is 11.5 Å². The van der Waals surface area contributed by atoms with Gasteiger partial charge in [0, 0.05) is 12.2 Å². The van der Waals surface area contributed by atoms with Crippen molar-refractivity contribution in [2.75, 3.05) is 25.6 Å². The van der Waals surface area contributed by atoms with Crippen molar-refractivity contribution in [3.8, 4) is 5.75 Å². The smallest absolute Gasteiger partial charge is 0.166 e. The molecule has 5 heteroatoms. The first-order valence-corrected chi connectivity index (χ1v) is 6.42. The maximum absolute atomic E-state index is 5.91. The van der Waals surface area contributed by atoms with E-state index in [9.17, 15) is 0 Å². The van der Waals surface area contributed by atoms with Crippen molar-refractivity contribution in [2.45, 2.75) is 13.2 Å². The first-order valence-electron chi connectivity index (χ1n) is 6.42. The molecule has 1 heterocycles. The summed E-state index contributed by atoms with van der Waals surface area (Å²) in [6, 6.07) is 11.4. The van der Waals surface area contributed by atoms with Gasteiger partial charge in [0.2, 0.25) is 0 Å². The molecule has 0 aliphatic carbocycles.